The quantitative estimate of drug-likeness (QED) is 0.504. The molecule has 174 valence electrons. The van der Waals surface area contributed by atoms with Gasteiger partial charge in [-0.2, -0.15) is 0 Å². The van der Waals surface area contributed by atoms with Gasteiger partial charge in [-0.3, -0.25) is 5.32 Å². The van der Waals surface area contributed by atoms with E-state index in [2.05, 4.69) is 39.1 Å². The molecule has 0 radical (unpaired) electrons. The third-order valence-corrected chi connectivity index (χ3v) is 11.7. The van der Waals surface area contributed by atoms with Gasteiger partial charge in [0, 0.05) is 17.9 Å². The van der Waals surface area contributed by atoms with E-state index in [4.69, 9.17) is 4.74 Å². The third kappa shape index (κ3) is 2.68. The number of fused-ring (bicyclic) bond motifs is 7. The van der Waals surface area contributed by atoms with Gasteiger partial charge >= 0.3 is 0 Å². The Kier molecular flexibility index (Phi) is 4.64. The number of ether oxygens (including phenoxy) is 1. The van der Waals surface area contributed by atoms with E-state index in [-0.39, 0.29) is 34.9 Å². The number of nitrogens with one attached hydrogen (secondary N) is 1. The van der Waals surface area contributed by atoms with E-state index in [0.717, 1.165) is 57.4 Å². The molecule has 2 aliphatic heterocycles. The Morgan fingerprint density at radius 1 is 1.06 bits per heavy atom. The molecule has 2 saturated heterocycles. The second kappa shape index (κ2) is 6.81. The van der Waals surface area contributed by atoms with E-state index < -0.39 is 0 Å². The van der Waals surface area contributed by atoms with Crippen LogP contribution in [0.1, 0.15) is 79.1 Å². The van der Waals surface area contributed by atoms with Crippen LogP contribution in [-0.2, 0) is 4.74 Å². The summed E-state index contributed by atoms with van der Waals surface area (Å²) < 4.78 is 6.93. The fraction of sp³-hybridized carbons (Fsp3) is 0.926. The largest absolute Gasteiger partial charge is 0.393 e. The summed E-state index contributed by atoms with van der Waals surface area (Å²) in [4.78, 5) is 0. The fourth-order valence-corrected chi connectivity index (χ4v) is 9.79. The molecule has 4 nitrogen and oxygen atoms in total. The van der Waals surface area contributed by atoms with Crippen LogP contribution >= 0.6 is 0 Å². The molecule has 2 heterocycles. The van der Waals surface area contributed by atoms with Crippen LogP contribution < -0.4 is 5.32 Å². The summed E-state index contributed by atoms with van der Waals surface area (Å²) in [6, 6.07) is 0. The van der Waals surface area contributed by atoms with Gasteiger partial charge in [0.2, 0.25) is 0 Å². The number of aliphatic hydroxyl groups is 2. The molecule has 4 heteroatoms. The summed E-state index contributed by atoms with van der Waals surface area (Å²) in [5.41, 5.74) is 1.43. The van der Waals surface area contributed by atoms with Gasteiger partial charge in [-0.1, -0.05) is 39.3 Å². The zero-order valence-corrected chi connectivity index (χ0v) is 19.9. The molecular weight excluding hydrogens is 386 g/mol. The average Bonchev–Trinajstić information content (AvgIpc) is 3.18. The molecular formula is C27H43NO3. The topological polar surface area (TPSA) is 61.7 Å². The van der Waals surface area contributed by atoms with E-state index >= 15 is 0 Å². The minimum Gasteiger partial charge on any atom is -0.393 e. The second-order valence-electron chi connectivity index (χ2n) is 12.9. The number of hydrogen-bond donors (Lipinski definition) is 3. The predicted molar refractivity (Wildman–Crippen MR) is 121 cm³/mol. The minimum absolute atomic E-state index is 0.0463. The molecule has 0 aromatic carbocycles. The van der Waals surface area contributed by atoms with Crippen molar-refractivity contribution in [2.45, 2.75) is 103 Å². The SMILES string of the molecule is CC1CCC2(NC1)OC1CC3C4CC=C5CC(O)CCC5(C)C4CC(O)C3(C)C1C2C. The van der Waals surface area contributed by atoms with E-state index in [1.807, 2.05) is 0 Å². The number of aliphatic hydroxyl groups excluding tert-OH is 2. The zero-order chi connectivity index (χ0) is 21.8. The highest BCUT2D eigenvalue weighted by Gasteiger charge is 2.70. The van der Waals surface area contributed by atoms with Crippen molar-refractivity contribution < 1.29 is 14.9 Å². The van der Waals surface area contributed by atoms with Gasteiger partial charge in [0.1, 0.15) is 5.72 Å². The maximum absolute atomic E-state index is 11.8. The van der Waals surface area contributed by atoms with Gasteiger partial charge in [-0.15, -0.1) is 0 Å². The summed E-state index contributed by atoms with van der Waals surface area (Å²) in [6.07, 6.45) is 10.7. The van der Waals surface area contributed by atoms with E-state index in [1.165, 1.54) is 12.0 Å². The summed E-state index contributed by atoms with van der Waals surface area (Å²) in [7, 11) is 0. The third-order valence-electron chi connectivity index (χ3n) is 11.7. The van der Waals surface area contributed by atoms with Crippen LogP contribution in [0.3, 0.4) is 0 Å². The lowest BCUT2D eigenvalue weighted by atomic mass is 9.46. The van der Waals surface area contributed by atoms with Gasteiger partial charge < -0.3 is 14.9 Å². The van der Waals surface area contributed by atoms with Gasteiger partial charge in [0.05, 0.1) is 18.3 Å². The Balaban J connectivity index is 1.32. The Labute approximate surface area is 188 Å². The number of rotatable bonds is 0. The van der Waals surface area contributed by atoms with Gasteiger partial charge in [-0.05, 0) is 86.4 Å². The highest BCUT2D eigenvalue weighted by Crippen LogP contribution is 2.70. The fourth-order valence-electron chi connectivity index (χ4n) is 9.79. The van der Waals surface area contributed by atoms with Gasteiger partial charge in [-0.25, -0.2) is 0 Å². The van der Waals surface area contributed by atoms with Crippen molar-refractivity contribution >= 4 is 0 Å². The number of hydrogen-bond acceptors (Lipinski definition) is 4. The summed E-state index contributed by atoms with van der Waals surface area (Å²) >= 11 is 0. The predicted octanol–water partition coefficient (Wildman–Crippen LogP) is 4.26. The van der Waals surface area contributed by atoms with Crippen molar-refractivity contribution in [2.24, 2.45) is 46.3 Å². The molecule has 0 bridgehead atoms. The molecule has 0 aromatic rings. The Morgan fingerprint density at radius 3 is 2.61 bits per heavy atom. The Hall–Kier alpha value is -0.420. The van der Waals surface area contributed by atoms with E-state index in [1.54, 1.807) is 0 Å². The van der Waals surface area contributed by atoms with Crippen LogP contribution in [0.2, 0.25) is 0 Å². The summed E-state index contributed by atoms with van der Waals surface area (Å²) in [5, 5.41) is 25.9. The van der Waals surface area contributed by atoms with Crippen molar-refractivity contribution in [3.05, 3.63) is 11.6 Å². The highest BCUT2D eigenvalue weighted by molar-refractivity contribution is 5.27. The summed E-state index contributed by atoms with van der Waals surface area (Å²) in [6.45, 7) is 10.6. The van der Waals surface area contributed by atoms with E-state index in [0.29, 0.717) is 29.6 Å². The van der Waals surface area contributed by atoms with Crippen molar-refractivity contribution in [3.8, 4) is 0 Å². The first-order valence-corrected chi connectivity index (χ1v) is 13.2. The summed E-state index contributed by atoms with van der Waals surface area (Å²) in [5.74, 6) is 3.35. The molecule has 0 aromatic heterocycles. The standard InChI is InChI=1S/C27H43NO3/c1-15-7-10-27(28-14-15)16(2)24-22(31-27)12-21-19-6-5-17-11-18(29)8-9-25(17,3)20(19)13-23(30)26(21,24)4/h5,15-16,18-24,28-30H,6-14H2,1-4H3. The second-order valence-corrected chi connectivity index (χ2v) is 12.9. The molecule has 6 aliphatic rings. The first-order chi connectivity index (χ1) is 14.7. The number of allylic oxidation sites excluding steroid dienone is 1. The maximum Gasteiger partial charge on any atom is 0.122 e. The minimum atomic E-state index is -0.250. The van der Waals surface area contributed by atoms with E-state index in [9.17, 15) is 10.2 Å². The van der Waals surface area contributed by atoms with Crippen molar-refractivity contribution in [1.82, 2.24) is 5.32 Å². The van der Waals surface area contributed by atoms with Gasteiger partial charge in [0.15, 0.2) is 0 Å². The van der Waals surface area contributed by atoms with Gasteiger partial charge in [0.25, 0.3) is 0 Å². The first-order valence-electron chi connectivity index (χ1n) is 13.2. The van der Waals surface area contributed by atoms with Crippen molar-refractivity contribution in [2.75, 3.05) is 6.54 Å². The molecule has 31 heavy (non-hydrogen) atoms. The molecule has 5 fully saturated rings. The lowest BCUT2D eigenvalue weighted by Crippen LogP contribution is -2.59. The highest BCUT2D eigenvalue weighted by atomic mass is 16.5. The van der Waals surface area contributed by atoms with Crippen LogP contribution in [-0.4, -0.2) is 40.8 Å². The average molecular weight is 430 g/mol. The lowest BCUT2D eigenvalue weighted by Gasteiger charge is -2.60. The normalized spacial score (nSPS) is 60.7. The molecule has 12 atom stereocenters. The molecule has 4 aliphatic carbocycles. The lowest BCUT2D eigenvalue weighted by molar-refractivity contribution is -0.146. The van der Waals surface area contributed by atoms with Crippen LogP contribution in [0, 0.1) is 46.3 Å². The van der Waals surface area contributed by atoms with Crippen LogP contribution in [0.25, 0.3) is 0 Å². The monoisotopic (exact) mass is 429 g/mol. The molecule has 3 N–H and O–H groups in total. The Morgan fingerprint density at radius 2 is 1.87 bits per heavy atom. The smallest absolute Gasteiger partial charge is 0.122 e. The van der Waals surface area contributed by atoms with Crippen LogP contribution in [0.4, 0.5) is 0 Å². The number of piperidine rings is 1. The molecule has 6 rings (SSSR count). The molecule has 0 amide bonds. The maximum atomic E-state index is 11.8. The zero-order valence-electron chi connectivity index (χ0n) is 19.9. The molecule has 12 unspecified atom stereocenters. The van der Waals surface area contributed by atoms with Crippen molar-refractivity contribution in [1.29, 1.82) is 0 Å². The molecule has 3 saturated carbocycles. The van der Waals surface area contributed by atoms with Crippen molar-refractivity contribution in [3.63, 3.8) is 0 Å². The van der Waals surface area contributed by atoms with Crippen LogP contribution in [0.5, 0.6) is 0 Å². The first kappa shape index (κ1) is 21.1. The van der Waals surface area contributed by atoms with Crippen LogP contribution in [0.15, 0.2) is 11.6 Å². The Bertz CT molecular complexity index is 772. The molecule has 1 spiro atoms.